The summed E-state index contributed by atoms with van der Waals surface area (Å²) < 4.78 is 5.36. The second-order valence-electron chi connectivity index (χ2n) is 6.42. The minimum Gasteiger partial charge on any atom is -0.497 e. The van der Waals surface area contributed by atoms with Crippen molar-refractivity contribution >= 4 is 0 Å². The minimum absolute atomic E-state index is 0.368. The minimum atomic E-state index is 0.368. The highest BCUT2D eigenvalue weighted by molar-refractivity contribution is 5.31. The lowest BCUT2D eigenvalue weighted by Gasteiger charge is -2.25. The predicted molar refractivity (Wildman–Crippen MR) is 94.7 cm³/mol. The van der Waals surface area contributed by atoms with Crippen LogP contribution in [0.4, 0.5) is 0 Å². The van der Waals surface area contributed by atoms with E-state index in [9.17, 15) is 0 Å². The first-order chi connectivity index (χ1) is 11.2. The summed E-state index contributed by atoms with van der Waals surface area (Å²) in [6.07, 6.45) is 0. The van der Waals surface area contributed by atoms with Crippen molar-refractivity contribution in [3.63, 3.8) is 0 Å². The third-order valence-electron chi connectivity index (χ3n) is 5.12. The van der Waals surface area contributed by atoms with Crippen LogP contribution in [0.3, 0.4) is 0 Å². The second kappa shape index (κ2) is 7.16. The van der Waals surface area contributed by atoms with Crippen LogP contribution < -0.4 is 10.5 Å². The van der Waals surface area contributed by atoms with E-state index in [0.717, 1.165) is 25.4 Å². The van der Waals surface area contributed by atoms with Gasteiger partial charge in [-0.2, -0.15) is 0 Å². The molecule has 0 saturated carbocycles. The Bertz CT molecular complexity index is 629. The van der Waals surface area contributed by atoms with Gasteiger partial charge in [-0.05, 0) is 42.6 Å². The van der Waals surface area contributed by atoms with Crippen LogP contribution in [0, 0.1) is 5.92 Å². The fraction of sp³-hybridized carbons (Fsp3) is 0.400. The van der Waals surface area contributed by atoms with Crippen molar-refractivity contribution < 1.29 is 4.74 Å². The molecule has 3 nitrogen and oxygen atoms in total. The molecular weight excluding hydrogens is 284 g/mol. The maximum atomic E-state index is 6.06. The number of methoxy groups -OCH3 is 1. The molecule has 0 aliphatic carbocycles. The highest BCUT2D eigenvalue weighted by Crippen LogP contribution is 2.37. The molecule has 1 fully saturated rings. The first-order valence-electron chi connectivity index (χ1n) is 8.36. The van der Waals surface area contributed by atoms with Crippen LogP contribution in [-0.2, 0) is 0 Å². The zero-order chi connectivity index (χ0) is 16.2. The Morgan fingerprint density at radius 1 is 1.13 bits per heavy atom. The zero-order valence-corrected chi connectivity index (χ0v) is 14.0. The van der Waals surface area contributed by atoms with E-state index in [-0.39, 0.29) is 0 Å². The standard InChI is InChI=1S/C20H26N2O/c1-15(17-9-6-10-19(11-17)23-2)22-13-18(12-21)20(14-22)16-7-4-3-5-8-16/h3-11,15,18,20H,12-14,21H2,1-2H3/t15?,18-,20+/m1/s1. The molecule has 122 valence electrons. The van der Waals surface area contributed by atoms with Crippen LogP contribution in [0.15, 0.2) is 54.6 Å². The third-order valence-corrected chi connectivity index (χ3v) is 5.12. The van der Waals surface area contributed by atoms with Gasteiger partial charge in [-0.3, -0.25) is 4.90 Å². The molecule has 3 heteroatoms. The normalized spacial score (nSPS) is 22.9. The Labute approximate surface area is 139 Å². The molecule has 2 N–H and O–H groups in total. The van der Waals surface area contributed by atoms with E-state index >= 15 is 0 Å². The molecule has 1 aliphatic rings. The lowest BCUT2D eigenvalue weighted by atomic mass is 9.89. The molecule has 3 rings (SSSR count). The monoisotopic (exact) mass is 310 g/mol. The lowest BCUT2D eigenvalue weighted by Crippen LogP contribution is -2.26. The summed E-state index contributed by atoms with van der Waals surface area (Å²) in [7, 11) is 1.72. The van der Waals surface area contributed by atoms with Crippen LogP contribution in [0.1, 0.15) is 30.0 Å². The molecule has 1 unspecified atom stereocenters. The highest BCUT2D eigenvalue weighted by Gasteiger charge is 2.35. The summed E-state index contributed by atoms with van der Waals surface area (Å²) in [4.78, 5) is 2.55. The topological polar surface area (TPSA) is 38.5 Å². The first-order valence-corrected chi connectivity index (χ1v) is 8.36. The van der Waals surface area contributed by atoms with Gasteiger partial charge in [0.2, 0.25) is 0 Å². The van der Waals surface area contributed by atoms with Gasteiger partial charge in [0.15, 0.2) is 0 Å². The van der Waals surface area contributed by atoms with Gasteiger partial charge < -0.3 is 10.5 Å². The molecule has 2 aromatic carbocycles. The summed E-state index contributed by atoms with van der Waals surface area (Å²) in [6, 6.07) is 19.5. The molecule has 0 bridgehead atoms. The summed E-state index contributed by atoms with van der Waals surface area (Å²) >= 11 is 0. The van der Waals surface area contributed by atoms with Crippen LogP contribution in [0.2, 0.25) is 0 Å². The SMILES string of the molecule is COc1cccc(C(C)N2C[C@@H](CN)[C@H](c3ccccc3)C2)c1. The number of ether oxygens (including phenoxy) is 1. The van der Waals surface area contributed by atoms with E-state index in [4.69, 9.17) is 10.5 Å². The average Bonchev–Trinajstić information content (AvgIpc) is 3.06. The molecule has 1 aliphatic heterocycles. The van der Waals surface area contributed by atoms with E-state index in [2.05, 4.69) is 60.4 Å². The lowest BCUT2D eigenvalue weighted by molar-refractivity contribution is 0.252. The molecule has 2 aromatic rings. The Morgan fingerprint density at radius 3 is 2.61 bits per heavy atom. The van der Waals surface area contributed by atoms with Crippen molar-refractivity contribution in [2.24, 2.45) is 11.7 Å². The maximum absolute atomic E-state index is 6.06. The molecule has 0 amide bonds. The van der Waals surface area contributed by atoms with Crippen molar-refractivity contribution in [3.8, 4) is 5.75 Å². The fourth-order valence-electron chi connectivity index (χ4n) is 3.65. The third kappa shape index (κ3) is 3.41. The smallest absolute Gasteiger partial charge is 0.119 e. The van der Waals surface area contributed by atoms with Gasteiger partial charge >= 0.3 is 0 Å². The molecule has 3 atom stereocenters. The number of rotatable bonds is 5. The van der Waals surface area contributed by atoms with Gasteiger partial charge in [0.1, 0.15) is 5.75 Å². The molecule has 1 heterocycles. The molecular formula is C20H26N2O. The van der Waals surface area contributed by atoms with Gasteiger partial charge in [-0.15, -0.1) is 0 Å². The van der Waals surface area contributed by atoms with Gasteiger partial charge in [0, 0.05) is 25.0 Å². The molecule has 0 radical (unpaired) electrons. The van der Waals surface area contributed by atoms with Crippen LogP contribution >= 0.6 is 0 Å². The van der Waals surface area contributed by atoms with E-state index in [0.29, 0.717) is 17.9 Å². The van der Waals surface area contributed by atoms with Crippen molar-refractivity contribution in [1.29, 1.82) is 0 Å². The molecule has 0 aromatic heterocycles. The number of benzene rings is 2. The Morgan fingerprint density at radius 2 is 1.91 bits per heavy atom. The first kappa shape index (κ1) is 16.0. The number of nitrogens with two attached hydrogens (primary N) is 1. The molecule has 23 heavy (non-hydrogen) atoms. The van der Waals surface area contributed by atoms with Gasteiger partial charge in [0.05, 0.1) is 7.11 Å². The number of nitrogens with zero attached hydrogens (tertiary/aromatic N) is 1. The number of hydrogen-bond acceptors (Lipinski definition) is 3. The number of likely N-dealkylation sites (tertiary alicyclic amines) is 1. The average molecular weight is 310 g/mol. The molecule has 0 spiro atoms. The van der Waals surface area contributed by atoms with Gasteiger partial charge in [-0.25, -0.2) is 0 Å². The van der Waals surface area contributed by atoms with Crippen molar-refractivity contribution in [1.82, 2.24) is 4.90 Å². The summed E-state index contributed by atoms with van der Waals surface area (Å²) in [5.41, 5.74) is 8.77. The quantitative estimate of drug-likeness (QED) is 0.919. The zero-order valence-electron chi connectivity index (χ0n) is 14.0. The van der Waals surface area contributed by atoms with E-state index in [1.807, 2.05) is 6.07 Å². The Hall–Kier alpha value is -1.84. The van der Waals surface area contributed by atoms with E-state index < -0.39 is 0 Å². The Balaban J connectivity index is 1.78. The summed E-state index contributed by atoms with van der Waals surface area (Å²) in [5, 5.41) is 0. The largest absolute Gasteiger partial charge is 0.497 e. The molecule has 1 saturated heterocycles. The van der Waals surface area contributed by atoms with E-state index in [1.54, 1.807) is 7.11 Å². The van der Waals surface area contributed by atoms with Crippen molar-refractivity contribution in [3.05, 3.63) is 65.7 Å². The number of hydrogen-bond donors (Lipinski definition) is 1. The van der Waals surface area contributed by atoms with Gasteiger partial charge in [0.25, 0.3) is 0 Å². The summed E-state index contributed by atoms with van der Waals surface area (Å²) in [6.45, 7) is 5.12. The predicted octanol–water partition coefficient (Wildman–Crippen LogP) is 3.43. The second-order valence-corrected chi connectivity index (χ2v) is 6.42. The summed E-state index contributed by atoms with van der Waals surface area (Å²) in [5.74, 6) is 1.96. The maximum Gasteiger partial charge on any atom is 0.119 e. The van der Waals surface area contributed by atoms with Crippen molar-refractivity contribution in [2.45, 2.75) is 18.9 Å². The van der Waals surface area contributed by atoms with Gasteiger partial charge in [-0.1, -0.05) is 42.5 Å². The fourth-order valence-corrected chi connectivity index (χ4v) is 3.65. The van der Waals surface area contributed by atoms with Crippen LogP contribution in [-0.4, -0.2) is 31.6 Å². The van der Waals surface area contributed by atoms with Crippen LogP contribution in [0.25, 0.3) is 0 Å². The van der Waals surface area contributed by atoms with Crippen LogP contribution in [0.5, 0.6) is 5.75 Å². The van der Waals surface area contributed by atoms with Crippen molar-refractivity contribution in [2.75, 3.05) is 26.7 Å². The highest BCUT2D eigenvalue weighted by atomic mass is 16.5. The van der Waals surface area contributed by atoms with E-state index in [1.165, 1.54) is 11.1 Å². The Kier molecular flexibility index (Phi) is 4.99.